The number of carbonyl (C=O) groups excluding carboxylic acids is 1. The first kappa shape index (κ1) is 21.2. The molecule has 2 heterocycles. The summed E-state index contributed by atoms with van der Waals surface area (Å²) in [4.78, 5) is 21.4. The van der Waals surface area contributed by atoms with Gasteiger partial charge in [-0.1, -0.05) is 51.0 Å². The lowest BCUT2D eigenvalue weighted by Gasteiger charge is -2.11. The number of pyridine rings is 2. The number of aliphatic hydroxyl groups is 1. The van der Waals surface area contributed by atoms with E-state index in [-0.39, 0.29) is 5.91 Å². The van der Waals surface area contributed by atoms with Crippen molar-refractivity contribution in [3.63, 3.8) is 0 Å². The van der Waals surface area contributed by atoms with Crippen LogP contribution >= 0.6 is 0 Å². The lowest BCUT2D eigenvalue weighted by atomic mass is 10.1. The predicted molar refractivity (Wildman–Crippen MR) is 119 cm³/mol. The van der Waals surface area contributed by atoms with Crippen LogP contribution in [0.3, 0.4) is 0 Å². The van der Waals surface area contributed by atoms with Gasteiger partial charge in [0.25, 0.3) is 0 Å². The van der Waals surface area contributed by atoms with E-state index in [0.29, 0.717) is 13.0 Å². The summed E-state index contributed by atoms with van der Waals surface area (Å²) < 4.78 is 0. The van der Waals surface area contributed by atoms with Gasteiger partial charge in [-0.2, -0.15) is 0 Å². The lowest BCUT2D eigenvalue weighted by Crippen LogP contribution is -2.11. The van der Waals surface area contributed by atoms with Gasteiger partial charge in [0.2, 0.25) is 5.91 Å². The number of nitrogens with zero attached hydrogens (tertiary/aromatic N) is 2. The van der Waals surface area contributed by atoms with E-state index in [4.69, 9.17) is 5.11 Å². The monoisotopic (exact) mass is 393 g/mol. The number of fused-ring (bicyclic) bond motifs is 3. The molecule has 3 rings (SSSR count). The summed E-state index contributed by atoms with van der Waals surface area (Å²) in [6.45, 7) is 0.310. The van der Waals surface area contributed by atoms with Crippen LogP contribution in [0.4, 0.5) is 5.69 Å². The molecule has 0 bridgehead atoms. The van der Waals surface area contributed by atoms with Crippen LogP contribution in [-0.2, 0) is 4.79 Å². The molecule has 0 saturated carbocycles. The third-order valence-electron chi connectivity index (χ3n) is 5.30. The second-order valence-electron chi connectivity index (χ2n) is 7.60. The van der Waals surface area contributed by atoms with Crippen molar-refractivity contribution in [3.05, 3.63) is 42.7 Å². The molecule has 5 nitrogen and oxygen atoms in total. The zero-order valence-electron chi connectivity index (χ0n) is 17.1. The molecular weight excluding hydrogens is 362 g/mol. The van der Waals surface area contributed by atoms with Gasteiger partial charge in [0.1, 0.15) is 0 Å². The molecule has 0 aliphatic carbocycles. The average Bonchev–Trinajstić information content (AvgIpc) is 2.75. The minimum Gasteiger partial charge on any atom is -0.396 e. The maximum atomic E-state index is 12.5. The molecule has 0 spiro atoms. The summed E-state index contributed by atoms with van der Waals surface area (Å²) >= 11 is 0. The zero-order chi connectivity index (χ0) is 20.3. The summed E-state index contributed by atoms with van der Waals surface area (Å²) in [5.41, 5.74) is 2.49. The van der Waals surface area contributed by atoms with E-state index in [1.54, 1.807) is 12.4 Å². The van der Waals surface area contributed by atoms with E-state index in [2.05, 4.69) is 15.3 Å². The molecule has 5 heteroatoms. The smallest absolute Gasteiger partial charge is 0.224 e. The number of amides is 1. The average molecular weight is 394 g/mol. The Hall–Kier alpha value is -2.53. The van der Waals surface area contributed by atoms with E-state index in [9.17, 15) is 4.79 Å². The molecule has 0 saturated heterocycles. The van der Waals surface area contributed by atoms with Crippen LogP contribution < -0.4 is 5.32 Å². The Balaban J connectivity index is 1.45. The quantitative estimate of drug-likeness (QED) is 0.309. The van der Waals surface area contributed by atoms with Gasteiger partial charge < -0.3 is 10.4 Å². The number of benzene rings is 1. The summed E-state index contributed by atoms with van der Waals surface area (Å²) in [6.07, 6.45) is 14.3. The Bertz CT molecular complexity index is 926. The summed E-state index contributed by atoms with van der Waals surface area (Å²) in [5.74, 6) is 0.0578. The van der Waals surface area contributed by atoms with Crippen LogP contribution in [0.2, 0.25) is 0 Å². The highest BCUT2D eigenvalue weighted by Crippen LogP contribution is 2.29. The fourth-order valence-electron chi connectivity index (χ4n) is 3.73. The van der Waals surface area contributed by atoms with E-state index in [0.717, 1.165) is 53.2 Å². The number of anilines is 1. The second kappa shape index (κ2) is 11.5. The third kappa shape index (κ3) is 6.23. The molecule has 1 aromatic carbocycles. The van der Waals surface area contributed by atoms with Gasteiger partial charge in [-0.25, -0.2) is 0 Å². The largest absolute Gasteiger partial charge is 0.396 e. The first-order valence-electron chi connectivity index (χ1n) is 10.8. The number of unbranched alkanes of at least 4 members (excludes halogenated alkanes) is 8. The van der Waals surface area contributed by atoms with Crippen molar-refractivity contribution in [2.24, 2.45) is 0 Å². The summed E-state index contributed by atoms with van der Waals surface area (Å²) in [6, 6.07) is 9.75. The number of rotatable bonds is 12. The maximum Gasteiger partial charge on any atom is 0.224 e. The van der Waals surface area contributed by atoms with Gasteiger partial charge in [-0.15, -0.1) is 0 Å². The molecule has 0 fully saturated rings. The van der Waals surface area contributed by atoms with E-state index >= 15 is 0 Å². The van der Waals surface area contributed by atoms with Gasteiger partial charge in [-0.05, 0) is 37.1 Å². The van der Waals surface area contributed by atoms with E-state index in [1.807, 2.05) is 30.3 Å². The minimum absolute atomic E-state index is 0.0578. The summed E-state index contributed by atoms with van der Waals surface area (Å²) in [5, 5.41) is 13.7. The van der Waals surface area contributed by atoms with Crippen molar-refractivity contribution in [3.8, 4) is 0 Å². The second-order valence-corrected chi connectivity index (χ2v) is 7.60. The van der Waals surface area contributed by atoms with Crippen LogP contribution in [-0.4, -0.2) is 27.6 Å². The maximum absolute atomic E-state index is 12.5. The molecule has 0 atom stereocenters. The Labute approximate surface area is 172 Å². The van der Waals surface area contributed by atoms with Crippen molar-refractivity contribution in [2.45, 2.75) is 64.2 Å². The van der Waals surface area contributed by atoms with E-state index < -0.39 is 0 Å². The number of aromatic nitrogens is 2. The molecule has 0 aliphatic rings. The first-order valence-corrected chi connectivity index (χ1v) is 10.8. The van der Waals surface area contributed by atoms with E-state index in [1.165, 1.54) is 32.1 Å². The fourth-order valence-corrected chi connectivity index (χ4v) is 3.73. The molecule has 1 amide bonds. The molecule has 154 valence electrons. The van der Waals surface area contributed by atoms with Crippen LogP contribution in [0.25, 0.3) is 21.8 Å². The lowest BCUT2D eigenvalue weighted by molar-refractivity contribution is -0.116. The molecule has 0 unspecified atom stereocenters. The molecular formula is C24H31N3O2. The molecule has 2 N–H and O–H groups in total. The highest BCUT2D eigenvalue weighted by Gasteiger charge is 2.10. The van der Waals surface area contributed by atoms with Crippen molar-refractivity contribution in [1.82, 2.24) is 9.97 Å². The van der Waals surface area contributed by atoms with Gasteiger partial charge in [0.05, 0.1) is 16.7 Å². The Morgan fingerprint density at radius 1 is 0.828 bits per heavy atom. The number of nitrogens with one attached hydrogen (secondary N) is 1. The number of aliphatic hydroxyl groups excluding tert-OH is 1. The normalized spacial score (nSPS) is 11.2. The number of hydrogen-bond donors (Lipinski definition) is 2. The standard InChI is InChI=1S/C24H31N3O2/c28-17-9-7-5-3-1-2-4-6-8-14-22(29)27-21-18-19-12-10-15-25-23(19)24-20(21)13-11-16-26-24/h10-13,15-16,18,28H,1-9,14,17H2,(H,27,29). The fraction of sp³-hybridized carbons (Fsp3) is 0.458. The Morgan fingerprint density at radius 2 is 1.45 bits per heavy atom. The van der Waals surface area contributed by atoms with Crippen LogP contribution in [0.1, 0.15) is 64.2 Å². The summed E-state index contributed by atoms with van der Waals surface area (Å²) in [7, 11) is 0. The highest BCUT2D eigenvalue weighted by atomic mass is 16.2. The van der Waals surface area contributed by atoms with Crippen molar-refractivity contribution < 1.29 is 9.90 Å². The molecule has 0 aliphatic heterocycles. The van der Waals surface area contributed by atoms with Crippen molar-refractivity contribution in [1.29, 1.82) is 0 Å². The first-order chi connectivity index (χ1) is 14.3. The SMILES string of the molecule is O=C(CCCCCCCCCCCO)Nc1cc2cccnc2c2ncccc12. The van der Waals surface area contributed by atoms with Crippen LogP contribution in [0, 0.1) is 0 Å². The Morgan fingerprint density at radius 3 is 2.17 bits per heavy atom. The minimum atomic E-state index is 0.0578. The molecule has 2 aromatic heterocycles. The molecule has 29 heavy (non-hydrogen) atoms. The van der Waals surface area contributed by atoms with Gasteiger partial charge >= 0.3 is 0 Å². The Kier molecular flexibility index (Phi) is 8.38. The van der Waals surface area contributed by atoms with Crippen molar-refractivity contribution in [2.75, 3.05) is 11.9 Å². The highest BCUT2D eigenvalue weighted by molar-refractivity contribution is 6.11. The van der Waals surface area contributed by atoms with Gasteiger partial charge in [0.15, 0.2) is 0 Å². The predicted octanol–water partition coefficient (Wildman–Crippen LogP) is 5.61. The zero-order valence-corrected chi connectivity index (χ0v) is 17.1. The van der Waals surface area contributed by atoms with Gasteiger partial charge in [-0.3, -0.25) is 14.8 Å². The molecule has 0 radical (unpaired) electrons. The van der Waals surface area contributed by atoms with Crippen LogP contribution in [0.15, 0.2) is 42.7 Å². The number of carbonyl (C=O) groups is 1. The number of hydrogen-bond acceptors (Lipinski definition) is 4. The molecule has 3 aromatic rings. The van der Waals surface area contributed by atoms with Gasteiger partial charge in [0, 0.05) is 36.2 Å². The van der Waals surface area contributed by atoms with Crippen molar-refractivity contribution >= 4 is 33.4 Å². The third-order valence-corrected chi connectivity index (χ3v) is 5.30. The van der Waals surface area contributed by atoms with Crippen LogP contribution in [0.5, 0.6) is 0 Å². The topological polar surface area (TPSA) is 75.1 Å².